The molecule has 1 saturated heterocycles. The van der Waals surface area contributed by atoms with Gasteiger partial charge < -0.3 is 14.7 Å². The van der Waals surface area contributed by atoms with E-state index in [-0.39, 0.29) is 23.1 Å². The minimum absolute atomic E-state index is 0.0271. The Morgan fingerprint density at radius 1 is 1.13 bits per heavy atom. The third-order valence-corrected chi connectivity index (χ3v) is 5.60. The van der Waals surface area contributed by atoms with Crippen LogP contribution in [0.4, 0.5) is 5.82 Å². The number of aromatic nitrogens is 1. The summed E-state index contributed by atoms with van der Waals surface area (Å²) in [4.78, 5) is 27.8. The van der Waals surface area contributed by atoms with Crippen molar-refractivity contribution in [2.45, 2.75) is 39.0 Å². The van der Waals surface area contributed by atoms with Crippen LogP contribution in [-0.4, -0.2) is 35.0 Å². The Kier molecular flexibility index (Phi) is 5.33. The molecule has 2 aromatic carbocycles. The Morgan fingerprint density at radius 3 is 2.67 bits per heavy atom. The monoisotopic (exact) mass is 405 g/mol. The zero-order valence-corrected chi connectivity index (χ0v) is 17.6. The number of carbonyl (C=O) groups excluding carboxylic acids is 2. The topological polar surface area (TPSA) is 75.4 Å². The van der Waals surface area contributed by atoms with Gasteiger partial charge in [0, 0.05) is 30.1 Å². The van der Waals surface area contributed by atoms with E-state index in [2.05, 4.69) is 10.5 Å². The van der Waals surface area contributed by atoms with Crippen molar-refractivity contribution in [2.24, 2.45) is 5.92 Å². The molecule has 156 valence electrons. The van der Waals surface area contributed by atoms with Gasteiger partial charge in [0.1, 0.15) is 5.76 Å². The molecule has 1 fully saturated rings. The molecule has 1 aliphatic rings. The van der Waals surface area contributed by atoms with E-state index < -0.39 is 0 Å². The number of nitrogens with one attached hydrogen (secondary N) is 1. The van der Waals surface area contributed by atoms with Gasteiger partial charge in [-0.2, -0.15) is 0 Å². The number of hydrogen-bond acceptors (Lipinski definition) is 4. The highest BCUT2D eigenvalue weighted by Crippen LogP contribution is 2.26. The Balaban J connectivity index is 1.47. The number of piperidine rings is 1. The van der Waals surface area contributed by atoms with Crippen molar-refractivity contribution < 1.29 is 14.1 Å². The first-order chi connectivity index (χ1) is 14.3. The van der Waals surface area contributed by atoms with Crippen LogP contribution < -0.4 is 5.32 Å². The van der Waals surface area contributed by atoms with Gasteiger partial charge in [-0.15, -0.1) is 0 Å². The van der Waals surface area contributed by atoms with Crippen molar-refractivity contribution in [1.82, 2.24) is 10.1 Å². The van der Waals surface area contributed by atoms with Crippen molar-refractivity contribution >= 4 is 28.4 Å². The normalized spacial score (nSPS) is 17.2. The lowest BCUT2D eigenvalue weighted by Gasteiger charge is -2.32. The number of benzene rings is 2. The second kappa shape index (κ2) is 7.94. The molecule has 0 saturated carbocycles. The van der Waals surface area contributed by atoms with Gasteiger partial charge >= 0.3 is 0 Å². The average molecular weight is 405 g/mol. The molecule has 1 aromatic heterocycles. The Hall–Kier alpha value is -3.15. The minimum Gasteiger partial charge on any atom is -0.359 e. The maximum Gasteiger partial charge on any atom is 0.254 e. The smallest absolute Gasteiger partial charge is 0.254 e. The maximum absolute atomic E-state index is 13.2. The number of likely N-dealkylation sites (tertiary alicyclic amines) is 1. The summed E-state index contributed by atoms with van der Waals surface area (Å²) >= 11 is 0. The van der Waals surface area contributed by atoms with Gasteiger partial charge in [-0.3, -0.25) is 9.59 Å². The molecule has 6 nitrogen and oxygen atoms in total. The van der Waals surface area contributed by atoms with Crippen LogP contribution in [0.2, 0.25) is 0 Å². The van der Waals surface area contributed by atoms with Crippen LogP contribution in [0, 0.1) is 5.92 Å². The van der Waals surface area contributed by atoms with E-state index in [0.29, 0.717) is 30.2 Å². The molecule has 6 heteroatoms. The highest BCUT2D eigenvalue weighted by atomic mass is 16.5. The summed E-state index contributed by atoms with van der Waals surface area (Å²) in [5.74, 6) is 0.712. The first-order valence-corrected chi connectivity index (χ1v) is 10.4. The molecule has 0 spiro atoms. The predicted octanol–water partition coefficient (Wildman–Crippen LogP) is 4.62. The van der Waals surface area contributed by atoms with Crippen LogP contribution in [0.5, 0.6) is 0 Å². The third kappa shape index (κ3) is 4.08. The second-order valence-electron chi connectivity index (χ2n) is 8.93. The summed E-state index contributed by atoms with van der Waals surface area (Å²) in [6.07, 6.45) is 1.54. The van der Waals surface area contributed by atoms with E-state index in [1.807, 2.05) is 63.2 Å². The number of nitrogens with zero attached hydrogens (tertiary/aromatic N) is 2. The van der Waals surface area contributed by atoms with E-state index in [1.165, 1.54) is 0 Å². The Morgan fingerprint density at radius 2 is 1.90 bits per heavy atom. The van der Waals surface area contributed by atoms with Gasteiger partial charge in [-0.25, -0.2) is 0 Å². The van der Waals surface area contributed by atoms with E-state index in [1.54, 1.807) is 11.0 Å². The van der Waals surface area contributed by atoms with Gasteiger partial charge in [0.05, 0.1) is 5.92 Å². The number of rotatable bonds is 3. The number of anilines is 1. The van der Waals surface area contributed by atoms with E-state index in [4.69, 9.17) is 4.52 Å². The molecule has 1 N–H and O–H groups in total. The largest absolute Gasteiger partial charge is 0.359 e. The second-order valence-corrected chi connectivity index (χ2v) is 8.93. The Bertz CT molecular complexity index is 1080. The minimum atomic E-state index is -0.271. The number of hydrogen-bond donors (Lipinski definition) is 1. The maximum atomic E-state index is 13.2. The molecule has 0 radical (unpaired) electrons. The summed E-state index contributed by atoms with van der Waals surface area (Å²) in [7, 11) is 0. The molecule has 1 atom stereocenters. The van der Waals surface area contributed by atoms with Crippen molar-refractivity contribution in [1.29, 1.82) is 0 Å². The number of carbonyl (C=O) groups is 2. The van der Waals surface area contributed by atoms with Crippen LogP contribution in [0.3, 0.4) is 0 Å². The van der Waals surface area contributed by atoms with Crippen LogP contribution in [-0.2, 0) is 10.2 Å². The molecular weight excluding hydrogens is 378 g/mol. The lowest BCUT2D eigenvalue weighted by Crippen LogP contribution is -2.43. The molecule has 2 heterocycles. The average Bonchev–Trinajstić information content (AvgIpc) is 3.22. The van der Waals surface area contributed by atoms with Gasteiger partial charge in [-0.05, 0) is 29.7 Å². The molecule has 1 unspecified atom stereocenters. The lowest BCUT2D eigenvalue weighted by atomic mass is 9.93. The van der Waals surface area contributed by atoms with Crippen molar-refractivity contribution in [3.8, 4) is 0 Å². The van der Waals surface area contributed by atoms with Crippen LogP contribution in [0.25, 0.3) is 10.8 Å². The van der Waals surface area contributed by atoms with Gasteiger partial charge in [-0.1, -0.05) is 62.3 Å². The van der Waals surface area contributed by atoms with Crippen molar-refractivity contribution in [2.75, 3.05) is 18.4 Å². The lowest BCUT2D eigenvalue weighted by molar-refractivity contribution is -0.121. The third-order valence-electron chi connectivity index (χ3n) is 5.60. The van der Waals surface area contributed by atoms with Gasteiger partial charge in [0.2, 0.25) is 5.91 Å². The van der Waals surface area contributed by atoms with Crippen LogP contribution in [0.15, 0.2) is 53.1 Å². The van der Waals surface area contributed by atoms with Gasteiger partial charge in [0.15, 0.2) is 5.82 Å². The molecule has 1 aliphatic heterocycles. The quantitative estimate of drug-likeness (QED) is 0.690. The first kappa shape index (κ1) is 20.1. The molecule has 0 aliphatic carbocycles. The molecule has 3 aromatic rings. The van der Waals surface area contributed by atoms with E-state index in [9.17, 15) is 9.59 Å². The number of fused-ring (bicyclic) bond motifs is 1. The molecular formula is C24H27N3O3. The first-order valence-electron chi connectivity index (χ1n) is 10.4. The fourth-order valence-corrected chi connectivity index (χ4v) is 3.87. The predicted molar refractivity (Wildman–Crippen MR) is 116 cm³/mol. The van der Waals surface area contributed by atoms with Gasteiger partial charge in [0.25, 0.3) is 5.91 Å². The number of amides is 2. The molecule has 2 amide bonds. The Labute approximate surface area is 176 Å². The van der Waals surface area contributed by atoms with E-state index in [0.717, 1.165) is 23.6 Å². The van der Waals surface area contributed by atoms with Crippen molar-refractivity contribution in [3.63, 3.8) is 0 Å². The SMILES string of the molecule is CC(C)(C)c1cc(NC(=O)C2CCCN(C(=O)c3cccc4ccccc34)C2)no1. The summed E-state index contributed by atoms with van der Waals surface area (Å²) < 4.78 is 5.35. The van der Waals surface area contributed by atoms with Crippen LogP contribution >= 0.6 is 0 Å². The fraction of sp³-hybridized carbons (Fsp3) is 0.375. The highest BCUT2D eigenvalue weighted by Gasteiger charge is 2.30. The van der Waals surface area contributed by atoms with E-state index >= 15 is 0 Å². The summed E-state index contributed by atoms with van der Waals surface area (Å²) in [5, 5.41) is 8.79. The highest BCUT2D eigenvalue weighted by molar-refractivity contribution is 6.07. The molecule has 30 heavy (non-hydrogen) atoms. The summed E-state index contributed by atoms with van der Waals surface area (Å²) in [6, 6.07) is 15.4. The summed E-state index contributed by atoms with van der Waals surface area (Å²) in [6.45, 7) is 7.13. The molecule has 0 bridgehead atoms. The van der Waals surface area contributed by atoms with Crippen molar-refractivity contribution in [3.05, 3.63) is 59.9 Å². The summed E-state index contributed by atoms with van der Waals surface area (Å²) in [5.41, 5.74) is 0.503. The zero-order chi connectivity index (χ0) is 21.3. The fourth-order valence-electron chi connectivity index (χ4n) is 3.87. The van der Waals surface area contributed by atoms with Crippen LogP contribution in [0.1, 0.15) is 49.7 Å². The zero-order valence-electron chi connectivity index (χ0n) is 17.6. The molecule has 4 rings (SSSR count). The standard InChI is InChI=1S/C24H27N3O3/c1-24(2,3)20-14-21(26-30-20)25-22(28)17-10-7-13-27(15-17)23(29)19-12-6-9-16-8-4-5-11-18(16)19/h4-6,8-9,11-12,14,17H,7,10,13,15H2,1-3H3,(H,25,26,28).